The highest BCUT2D eigenvalue weighted by atomic mass is 35.5. The van der Waals surface area contributed by atoms with Crippen LogP contribution in [0.5, 0.6) is 5.88 Å². The third-order valence-electron chi connectivity index (χ3n) is 2.45. The zero-order chi connectivity index (χ0) is 13.7. The van der Waals surface area contributed by atoms with E-state index in [9.17, 15) is 0 Å². The van der Waals surface area contributed by atoms with Crippen molar-refractivity contribution in [1.29, 1.82) is 0 Å². The summed E-state index contributed by atoms with van der Waals surface area (Å²) in [4.78, 5) is 4.34. The Morgan fingerprint density at radius 3 is 2.63 bits per heavy atom. The molecule has 0 aliphatic heterocycles. The molecule has 0 saturated carbocycles. The fourth-order valence-electron chi connectivity index (χ4n) is 1.52. The third kappa shape index (κ3) is 3.76. The standard InChI is InChI=1S/C14H16ClN3O/c1-2-9-19-14-12(16)7-8-13(18-14)17-11-5-3-10(15)4-6-11/h3-8H,2,9,16H2,1H3,(H,17,18). The van der Waals surface area contributed by atoms with Gasteiger partial charge in [0.25, 0.3) is 0 Å². The monoisotopic (exact) mass is 277 g/mol. The molecular weight excluding hydrogens is 262 g/mol. The van der Waals surface area contributed by atoms with Crippen LogP contribution in [0.15, 0.2) is 36.4 Å². The van der Waals surface area contributed by atoms with Crippen LogP contribution in [-0.4, -0.2) is 11.6 Å². The Kier molecular flexibility index (Phi) is 4.47. The zero-order valence-corrected chi connectivity index (χ0v) is 11.4. The Labute approximate surface area is 117 Å². The van der Waals surface area contributed by atoms with E-state index in [2.05, 4.69) is 10.3 Å². The molecule has 2 aromatic rings. The molecule has 1 heterocycles. The van der Waals surface area contributed by atoms with Gasteiger partial charge in [-0.15, -0.1) is 0 Å². The SMILES string of the molecule is CCCOc1nc(Nc2ccc(Cl)cc2)ccc1N. The van der Waals surface area contributed by atoms with Crippen molar-refractivity contribution < 1.29 is 4.74 Å². The number of nitrogens with two attached hydrogens (primary N) is 1. The number of benzene rings is 1. The van der Waals surface area contributed by atoms with Crippen molar-refractivity contribution in [3.8, 4) is 5.88 Å². The Bertz CT molecular complexity index is 543. The van der Waals surface area contributed by atoms with Crippen LogP contribution in [0, 0.1) is 0 Å². The molecule has 0 fully saturated rings. The van der Waals surface area contributed by atoms with Crippen LogP contribution in [0.3, 0.4) is 0 Å². The minimum Gasteiger partial charge on any atom is -0.476 e. The second kappa shape index (κ2) is 6.29. The summed E-state index contributed by atoms with van der Waals surface area (Å²) in [6.45, 7) is 2.63. The van der Waals surface area contributed by atoms with Crippen molar-refractivity contribution in [2.75, 3.05) is 17.7 Å². The van der Waals surface area contributed by atoms with Crippen molar-refractivity contribution in [1.82, 2.24) is 4.98 Å². The zero-order valence-electron chi connectivity index (χ0n) is 10.7. The molecule has 2 rings (SSSR count). The lowest BCUT2D eigenvalue weighted by Gasteiger charge is -2.10. The van der Waals surface area contributed by atoms with Gasteiger partial charge in [-0.2, -0.15) is 4.98 Å². The number of pyridine rings is 1. The van der Waals surface area contributed by atoms with E-state index in [4.69, 9.17) is 22.1 Å². The summed E-state index contributed by atoms with van der Waals surface area (Å²) >= 11 is 5.84. The topological polar surface area (TPSA) is 60.2 Å². The molecule has 0 aliphatic rings. The predicted octanol–water partition coefficient (Wildman–Crippen LogP) is 3.85. The van der Waals surface area contributed by atoms with Gasteiger partial charge in [0, 0.05) is 10.7 Å². The number of aromatic nitrogens is 1. The summed E-state index contributed by atoms with van der Waals surface area (Å²) in [6.07, 6.45) is 0.913. The van der Waals surface area contributed by atoms with Crippen LogP contribution < -0.4 is 15.8 Å². The third-order valence-corrected chi connectivity index (χ3v) is 2.70. The maximum atomic E-state index is 5.84. The maximum absolute atomic E-state index is 5.84. The van der Waals surface area contributed by atoms with Gasteiger partial charge in [-0.3, -0.25) is 0 Å². The van der Waals surface area contributed by atoms with Gasteiger partial charge in [0.2, 0.25) is 5.88 Å². The van der Waals surface area contributed by atoms with Crippen LogP contribution in [-0.2, 0) is 0 Å². The number of nitrogens with one attached hydrogen (secondary N) is 1. The number of hydrogen-bond acceptors (Lipinski definition) is 4. The number of anilines is 3. The van der Waals surface area contributed by atoms with E-state index >= 15 is 0 Å². The quantitative estimate of drug-likeness (QED) is 0.871. The summed E-state index contributed by atoms with van der Waals surface area (Å²) in [7, 11) is 0. The lowest BCUT2D eigenvalue weighted by Crippen LogP contribution is -2.03. The van der Waals surface area contributed by atoms with Gasteiger partial charge in [-0.05, 0) is 42.8 Å². The van der Waals surface area contributed by atoms with Crippen molar-refractivity contribution in [3.63, 3.8) is 0 Å². The molecule has 3 N–H and O–H groups in total. The summed E-state index contributed by atoms with van der Waals surface area (Å²) < 4.78 is 5.49. The molecule has 0 amide bonds. The molecule has 0 unspecified atom stereocenters. The number of rotatable bonds is 5. The van der Waals surface area contributed by atoms with Crippen molar-refractivity contribution >= 4 is 28.8 Å². The second-order valence-corrected chi connectivity index (χ2v) is 4.51. The first kappa shape index (κ1) is 13.5. The van der Waals surface area contributed by atoms with Crippen molar-refractivity contribution in [2.24, 2.45) is 0 Å². The van der Waals surface area contributed by atoms with E-state index in [0.717, 1.165) is 12.1 Å². The fourth-order valence-corrected chi connectivity index (χ4v) is 1.64. The van der Waals surface area contributed by atoms with Gasteiger partial charge in [0.1, 0.15) is 5.82 Å². The lowest BCUT2D eigenvalue weighted by atomic mass is 10.3. The lowest BCUT2D eigenvalue weighted by molar-refractivity contribution is 0.307. The van der Waals surface area contributed by atoms with Crippen LogP contribution in [0.1, 0.15) is 13.3 Å². The minimum atomic E-state index is 0.459. The van der Waals surface area contributed by atoms with Gasteiger partial charge in [-0.1, -0.05) is 18.5 Å². The molecule has 5 heteroatoms. The molecule has 1 aromatic heterocycles. The first-order valence-electron chi connectivity index (χ1n) is 6.11. The van der Waals surface area contributed by atoms with Gasteiger partial charge in [0.05, 0.1) is 12.3 Å². The molecule has 19 heavy (non-hydrogen) atoms. The number of ether oxygens (including phenoxy) is 1. The maximum Gasteiger partial charge on any atom is 0.239 e. The summed E-state index contributed by atoms with van der Waals surface area (Å²) in [5, 5.41) is 3.87. The highest BCUT2D eigenvalue weighted by molar-refractivity contribution is 6.30. The smallest absolute Gasteiger partial charge is 0.239 e. The van der Waals surface area contributed by atoms with Gasteiger partial charge in [-0.25, -0.2) is 0 Å². The van der Waals surface area contributed by atoms with E-state index in [1.54, 1.807) is 6.07 Å². The van der Waals surface area contributed by atoms with Crippen molar-refractivity contribution in [3.05, 3.63) is 41.4 Å². The van der Waals surface area contributed by atoms with E-state index in [0.29, 0.717) is 29.0 Å². The summed E-state index contributed by atoms with van der Waals surface area (Å²) in [5.74, 6) is 1.14. The minimum absolute atomic E-state index is 0.459. The molecule has 0 saturated heterocycles. The largest absolute Gasteiger partial charge is 0.476 e. The molecule has 100 valence electrons. The van der Waals surface area contributed by atoms with Crippen LogP contribution in [0.2, 0.25) is 5.02 Å². The van der Waals surface area contributed by atoms with Gasteiger partial charge >= 0.3 is 0 Å². The average molecular weight is 278 g/mol. The predicted molar refractivity (Wildman–Crippen MR) is 79.2 cm³/mol. The Balaban J connectivity index is 2.14. The summed E-state index contributed by atoms with van der Waals surface area (Å²) in [6, 6.07) is 11.0. The molecule has 0 aliphatic carbocycles. The summed E-state index contributed by atoms with van der Waals surface area (Å²) in [5.41, 5.74) is 7.25. The highest BCUT2D eigenvalue weighted by Crippen LogP contribution is 2.24. The Morgan fingerprint density at radius 1 is 1.21 bits per heavy atom. The van der Waals surface area contributed by atoms with Gasteiger partial charge in [0.15, 0.2) is 0 Å². The fraction of sp³-hybridized carbons (Fsp3) is 0.214. The highest BCUT2D eigenvalue weighted by Gasteiger charge is 2.04. The first-order valence-corrected chi connectivity index (χ1v) is 6.48. The Hall–Kier alpha value is -1.94. The first-order chi connectivity index (χ1) is 9.19. The molecule has 0 bridgehead atoms. The molecule has 1 aromatic carbocycles. The average Bonchev–Trinajstić information content (AvgIpc) is 2.42. The van der Waals surface area contributed by atoms with E-state index < -0.39 is 0 Å². The molecular formula is C14H16ClN3O. The van der Waals surface area contributed by atoms with E-state index in [1.807, 2.05) is 37.3 Å². The number of halogens is 1. The van der Waals surface area contributed by atoms with Crippen molar-refractivity contribution in [2.45, 2.75) is 13.3 Å². The van der Waals surface area contributed by atoms with E-state index in [1.165, 1.54) is 0 Å². The van der Waals surface area contributed by atoms with Crippen LogP contribution in [0.25, 0.3) is 0 Å². The van der Waals surface area contributed by atoms with Crippen LogP contribution in [0.4, 0.5) is 17.2 Å². The normalized spacial score (nSPS) is 10.2. The molecule has 0 radical (unpaired) electrons. The molecule has 0 spiro atoms. The molecule has 0 atom stereocenters. The number of nitrogen functional groups attached to an aromatic ring is 1. The van der Waals surface area contributed by atoms with E-state index in [-0.39, 0.29) is 0 Å². The number of nitrogens with zero attached hydrogens (tertiary/aromatic N) is 1. The number of hydrogen-bond donors (Lipinski definition) is 2. The second-order valence-electron chi connectivity index (χ2n) is 4.07. The van der Waals surface area contributed by atoms with Gasteiger partial charge < -0.3 is 15.8 Å². The molecule has 4 nitrogen and oxygen atoms in total. The van der Waals surface area contributed by atoms with Crippen LogP contribution >= 0.6 is 11.6 Å². The Morgan fingerprint density at radius 2 is 1.95 bits per heavy atom.